The molecule has 0 aliphatic heterocycles. The number of H-pyrrole nitrogens is 1. The molecule has 0 spiro atoms. The molecule has 8 nitrogen and oxygen atoms in total. The first-order chi connectivity index (χ1) is 15.0. The van der Waals surface area contributed by atoms with Crippen LogP contribution in [0.15, 0.2) is 54.2 Å². The van der Waals surface area contributed by atoms with E-state index in [9.17, 15) is 4.79 Å². The third-order valence-electron chi connectivity index (χ3n) is 5.04. The molecule has 2 unspecified atom stereocenters. The minimum atomic E-state index is -0.586. The maximum atomic E-state index is 13.4. The number of amides is 1. The number of aromatic nitrogens is 5. The van der Waals surface area contributed by atoms with E-state index in [1.807, 2.05) is 59.6 Å². The Hall–Kier alpha value is -3.24. The van der Waals surface area contributed by atoms with E-state index in [0.29, 0.717) is 22.2 Å². The van der Waals surface area contributed by atoms with Crippen LogP contribution in [0, 0.1) is 4.77 Å². The van der Waals surface area contributed by atoms with E-state index in [2.05, 4.69) is 20.5 Å². The van der Waals surface area contributed by atoms with Gasteiger partial charge in [0.05, 0.1) is 12.0 Å². The number of carbonyl (C=O) groups is 1. The van der Waals surface area contributed by atoms with Crippen LogP contribution >= 0.6 is 23.6 Å². The number of benzene rings is 1. The topological polar surface area (TPSA) is 89.8 Å². The van der Waals surface area contributed by atoms with Crippen molar-refractivity contribution in [1.82, 2.24) is 29.6 Å². The Morgan fingerprint density at radius 3 is 2.84 bits per heavy atom. The van der Waals surface area contributed by atoms with Gasteiger partial charge in [-0.05, 0) is 48.3 Å². The zero-order valence-electron chi connectivity index (χ0n) is 17.3. The quantitative estimate of drug-likeness (QED) is 0.414. The lowest BCUT2D eigenvalue weighted by atomic mass is 10.0. The molecule has 1 amide bonds. The van der Waals surface area contributed by atoms with Crippen LogP contribution in [-0.2, 0) is 11.8 Å². The summed E-state index contributed by atoms with van der Waals surface area (Å²) in [6.07, 6.45) is 3.55. The molecule has 0 radical (unpaired) electrons. The molecule has 3 heterocycles. The van der Waals surface area contributed by atoms with E-state index in [-0.39, 0.29) is 5.91 Å². The van der Waals surface area contributed by atoms with Gasteiger partial charge in [-0.15, -0.1) is 11.3 Å². The maximum Gasteiger partial charge on any atom is 0.243 e. The van der Waals surface area contributed by atoms with Crippen LogP contribution in [0.1, 0.15) is 30.4 Å². The Morgan fingerprint density at radius 1 is 1.32 bits per heavy atom. The van der Waals surface area contributed by atoms with Crippen molar-refractivity contribution >= 4 is 29.5 Å². The van der Waals surface area contributed by atoms with E-state index in [1.165, 1.54) is 11.3 Å². The normalized spacial score (nSPS) is 13.0. The second kappa shape index (κ2) is 8.86. The fraction of sp³-hybridized carbons (Fsp3) is 0.238. The molecule has 31 heavy (non-hydrogen) atoms. The van der Waals surface area contributed by atoms with Gasteiger partial charge in [-0.25, -0.2) is 4.98 Å². The molecule has 2 atom stereocenters. The lowest BCUT2D eigenvalue weighted by Gasteiger charge is -2.22. The Bertz CT molecular complexity index is 1240. The number of ether oxygens (including phenoxy) is 1. The highest BCUT2D eigenvalue weighted by Crippen LogP contribution is 2.28. The van der Waals surface area contributed by atoms with E-state index in [1.54, 1.807) is 24.8 Å². The van der Waals surface area contributed by atoms with Gasteiger partial charge in [0.2, 0.25) is 5.91 Å². The molecular weight excluding hydrogens is 432 g/mol. The molecular formula is C21H22N6O2S2. The van der Waals surface area contributed by atoms with Crippen LogP contribution in [-0.4, -0.2) is 37.3 Å². The minimum Gasteiger partial charge on any atom is -0.497 e. The van der Waals surface area contributed by atoms with Crippen LogP contribution in [0.2, 0.25) is 0 Å². The van der Waals surface area contributed by atoms with Crippen molar-refractivity contribution in [3.63, 3.8) is 0 Å². The van der Waals surface area contributed by atoms with E-state index >= 15 is 0 Å². The molecule has 4 aromatic rings. The largest absolute Gasteiger partial charge is 0.497 e. The van der Waals surface area contributed by atoms with Crippen molar-refractivity contribution in [3.05, 3.63) is 70.3 Å². The molecule has 0 aliphatic carbocycles. The molecule has 3 aromatic heterocycles. The van der Waals surface area contributed by atoms with Gasteiger partial charge in [0, 0.05) is 19.4 Å². The van der Waals surface area contributed by atoms with Crippen molar-refractivity contribution in [1.29, 1.82) is 0 Å². The highest BCUT2D eigenvalue weighted by molar-refractivity contribution is 7.71. The molecule has 0 bridgehead atoms. The molecule has 0 saturated carbocycles. The zero-order chi connectivity index (χ0) is 22.0. The number of hydrogen-bond donors (Lipinski definition) is 2. The number of rotatable bonds is 7. The van der Waals surface area contributed by atoms with Crippen LogP contribution in [0.25, 0.3) is 10.7 Å². The second-order valence-electron chi connectivity index (χ2n) is 6.99. The molecule has 0 fully saturated rings. The third-order valence-corrected chi connectivity index (χ3v) is 6.20. The van der Waals surface area contributed by atoms with E-state index in [4.69, 9.17) is 17.0 Å². The van der Waals surface area contributed by atoms with Crippen molar-refractivity contribution in [2.24, 2.45) is 7.05 Å². The summed E-state index contributed by atoms with van der Waals surface area (Å²) in [5.41, 5.74) is 0.864. The molecule has 160 valence electrons. The number of methoxy groups -OCH3 is 1. The fourth-order valence-corrected chi connectivity index (χ4v) is 4.40. The predicted octanol–water partition coefficient (Wildman–Crippen LogP) is 3.88. The molecule has 1 aromatic carbocycles. The third kappa shape index (κ3) is 4.17. The number of aryl methyl sites for hydroxylation is 1. The standard InChI is InChI=1S/C21H22N6O2S2/c1-13(27-18(24-25-21(27)30)16-8-5-11-31-16)20(28)23-17(19-22-9-10-26(19)2)14-6-4-7-15(12-14)29-3/h4-13,17H,1-3H3,(H,23,28)(H,25,30). The summed E-state index contributed by atoms with van der Waals surface area (Å²) in [5.74, 6) is 1.85. The Labute approximate surface area is 188 Å². The first kappa shape index (κ1) is 21.0. The van der Waals surface area contributed by atoms with Crippen LogP contribution in [0.3, 0.4) is 0 Å². The van der Waals surface area contributed by atoms with Crippen molar-refractivity contribution in [2.45, 2.75) is 19.0 Å². The lowest BCUT2D eigenvalue weighted by Crippen LogP contribution is -2.36. The van der Waals surface area contributed by atoms with Gasteiger partial charge in [0.15, 0.2) is 10.6 Å². The first-order valence-corrected chi connectivity index (χ1v) is 10.9. The summed E-state index contributed by atoms with van der Waals surface area (Å²) >= 11 is 6.96. The van der Waals surface area contributed by atoms with Crippen LogP contribution in [0.4, 0.5) is 0 Å². The molecule has 2 N–H and O–H groups in total. The van der Waals surface area contributed by atoms with Gasteiger partial charge in [-0.2, -0.15) is 5.10 Å². The van der Waals surface area contributed by atoms with E-state index < -0.39 is 12.1 Å². The second-order valence-corrected chi connectivity index (χ2v) is 8.32. The molecule has 10 heteroatoms. The number of thiophene rings is 1. The highest BCUT2D eigenvalue weighted by Gasteiger charge is 2.27. The first-order valence-electron chi connectivity index (χ1n) is 9.62. The lowest BCUT2D eigenvalue weighted by molar-refractivity contribution is -0.124. The van der Waals surface area contributed by atoms with Gasteiger partial charge in [0.25, 0.3) is 0 Å². The molecule has 0 aliphatic rings. The summed E-state index contributed by atoms with van der Waals surface area (Å²) in [4.78, 5) is 18.8. The van der Waals surface area contributed by atoms with Gasteiger partial charge >= 0.3 is 0 Å². The zero-order valence-corrected chi connectivity index (χ0v) is 18.9. The van der Waals surface area contributed by atoms with Gasteiger partial charge in [0.1, 0.15) is 23.7 Å². The summed E-state index contributed by atoms with van der Waals surface area (Å²) in [6, 6.07) is 10.4. The Balaban J connectivity index is 1.68. The Kier molecular flexibility index (Phi) is 6.01. The number of imidazole rings is 1. The van der Waals surface area contributed by atoms with Gasteiger partial charge in [-0.1, -0.05) is 18.2 Å². The smallest absolute Gasteiger partial charge is 0.243 e. The van der Waals surface area contributed by atoms with E-state index in [0.717, 1.165) is 10.4 Å². The molecule has 0 saturated heterocycles. The van der Waals surface area contributed by atoms with Crippen LogP contribution < -0.4 is 10.1 Å². The molecule has 4 rings (SSSR count). The Morgan fingerprint density at radius 2 is 2.16 bits per heavy atom. The predicted molar refractivity (Wildman–Crippen MR) is 122 cm³/mol. The summed E-state index contributed by atoms with van der Waals surface area (Å²) in [6.45, 7) is 1.80. The SMILES string of the molecule is COc1cccc(C(NC(=O)C(C)n2c(-c3cccs3)n[nH]c2=S)c2nccn2C)c1. The number of aromatic amines is 1. The summed E-state index contributed by atoms with van der Waals surface area (Å²) < 4.78 is 9.38. The highest BCUT2D eigenvalue weighted by atomic mass is 32.1. The number of nitrogens with one attached hydrogen (secondary N) is 2. The maximum absolute atomic E-state index is 13.4. The van der Waals surface area contributed by atoms with Crippen molar-refractivity contribution in [3.8, 4) is 16.5 Å². The number of nitrogens with zero attached hydrogens (tertiary/aromatic N) is 4. The summed E-state index contributed by atoms with van der Waals surface area (Å²) in [7, 11) is 3.51. The summed E-state index contributed by atoms with van der Waals surface area (Å²) in [5, 5.41) is 12.2. The average Bonchev–Trinajstić information content (AvgIpc) is 3.52. The van der Waals surface area contributed by atoms with Crippen molar-refractivity contribution in [2.75, 3.05) is 7.11 Å². The van der Waals surface area contributed by atoms with Crippen molar-refractivity contribution < 1.29 is 9.53 Å². The van der Waals surface area contributed by atoms with Gasteiger partial charge in [-0.3, -0.25) is 14.5 Å². The fourth-order valence-electron chi connectivity index (χ4n) is 3.40. The van der Waals surface area contributed by atoms with Crippen LogP contribution in [0.5, 0.6) is 5.75 Å². The minimum absolute atomic E-state index is 0.203. The number of hydrogen-bond acceptors (Lipinski definition) is 6. The monoisotopic (exact) mass is 454 g/mol. The van der Waals surface area contributed by atoms with Gasteiger partial charge < -0.3 is 14.6 Å². The number of carbonyl (C=O) groups excluding carboxylic acids is 1. The average molecular weight is 455 g/mol.